The molecular weight excluding hydrogens is 364 g/mol. The molecule has 8 heteroatoms. The molecule has 0 aliphatic heterocycles. The van der Waals surface area contributed by atoms with Crippen LogP contribution in [0, 0.1) is 0 Å². The van der Waals surface area contributed by atoms with Gasteiger partial charge in [-0.3, -0.25) is 9.59 Å². The number of carbonyl (C=O) groups is 3. The van der Waals surface area contributed by atoms with Gasteiger partial charge < -0.3 is 25.2 Å². The van der Waals surface area contributed by atoms with Crippen LogP contribution in [-0.4, -0.2) is 54.2 Å². The molecule has 0 saturated heterocycles. The summed E-state index contributed by atoms with van der Waals surface area (Å²) >= 11 is 0. The van der Waals surface area contributed by atoms with E-state index in [2.05, 4.69) is 0 Å². The highest BCUT2D eigenvalue weighted by molar-refractivity contribution is 5.95. The van der Waals surface area contributed by atoms with Crippen LogP contribution in [0.1, 0.15) is 55.3 Å². The first-order chi connectivity index (χ1) is 13.4. The Balaban J connectivity index is 1.89. The number of para-hydroxylation sites is 1. The largest absolute Gasteiger partial charge is 0.491 e. The van der Waals surface area contributed by atoms with Crippen LogP contribution in [0.3, 0.4) is 0 Å². The minimum absolute atomic E-state index is 0.0184. The number of nitrogen functional groups attached to an aromatic ring is 1. The number of aromatic carboxylic acids is 1. The van der Waals surface area contributed by atoms with Gasteiger partial charge in [0.25, 0.3) is 0 Å². The summed E-state index contributed by atoms with van der Waals surface area (Å²) in [5, 5.41) is 9.09. The monoisotopic (exact) mass is 392 g/mol. The Kier molecular flexibility index (Phi) is 8.10. The number of carbonyl (C=O) groups excluding carboxylic acids is 2. The van der Waals surface area contributed by atoms with Crippen LogP contribution in [0.2, 0.25) is 0 Å². The number of methoxy groups -OCH3 is 1. The maximum atomic E-state index is 12.7. The fraction of sp³-hybridized carbons (Fsp3) is 0.550. The Morgan fingerprint density at radius 1 is 1.21 bits per heavy atom. The lowest BCUT2D eigenvalue weighted by Crippen LogP contribution is -2.44. The second-order valence-corrected chi connectivity index (χ2v) is 6.86. The first kappa shape index (κ1) is 21.5. The third kappa shape index (κ3) is 5.87. The van der Waals surface area contributed by atoms with Crippen molar-refractivity contribution in [1.29, 1.82) is 0 Å². The van der Waals surface area contributed by atoms with Crippen molar-refractivity contribution in [2.45, 2.75) is 51.0 Å². The van der Waals surface area contributed by atoms with Crippen LogP contribution in [0.4, 0.5) is 5.69 Å². The van der Waals surface area contributed by atoms with Crippen LogP contribution in [0.15, 0.2) is 18.2 Å². The van der Waals surface area contributed by atoms with Gasteiger partial charge in [-0.2, -0.15) is 0 Å². The van der Waals surface area contributed by atoms with Crippen molar-refractivity contribution < 1.29 is 29.0 Å². The summed E-state index contributed by atoms with van der Waals surface area (Å²) in [6.07, 6.45) is 5.72. The fourth-order valence-electron chi connectivity index (χ4n) is 3.42. The lowest BCUT2D eigenvalue weighted by molar-refractivity contribution is -0.149. The normalized spacial score (nSPS) is 14.3. The van der Waals surface area contributed by atoms with Crippen LogP contribution in [0.25, 0.3) is 0 Å². The predicted molar refractivity (Wildman–Crippen MR) is 103 cm³/mol. The highest BCUT2D eigenvalue weighted by Crippen LogP contribution is 2.26. The average Bonchev–Trinajstić information content (AvgIpc) is 2.70. The lowest BCUT2D eigenvalue weighted by atomic mass is 9.94. The molecule has 1 fully saturated rings. The number of amides is 1. The zero-order chi connectivity index (χ0) is 20.5. The number of hydrogen-bond acceptors (Lipinski definition) is 6. The molecule has 1 aliphatic carbocycles. The van der Waals surface area contributed by atoms with E-state index in [4.69, 9.17) is 20.3 Å². The van der Waals surface area contributed by atoms with Crippen molar-refractivity contribution in [3.05, 3.63) is 23.8 Å². The van der Waals surface area contributed by atoms with Crippen molar-refractivity contribution in [2.75, 3.05) is 26.0 Å². The number of nitrogens with zero attached hydrogens (tertiary/aromatic N) is 1. The molecule has 1 aromatic carbocycles. The SMILES string of the molecule is COC(=O)CN(C(=O)CCCOc1cccc(C(=O)O)c1N)C1CCCCC1. The van der Waals surface area contributed by atoms with Gasteiger partial charge in [0.05, 0.1) is 25.0 Å². The molecule has 0 bridgehead atoms. The van der Waals surface area contributed by atoms with Gasteiger partial charge in [0.2, 0.25) is 5.91 Å². The molecule has 0 radical (unpaired) electrons. The van der Waals surface area contributed by atoms with E-state index in [1.54, 1.807) is 17.0 Å². The summed E-state index contributed by atoms with van der Waals surface area (Å²) in [6.45, 7) is 0.185. The second-order valence-electron chi connectivity index (χ2n) is 6.86. The van der Waals surface area contributed by atoms with E-state index in [0.717, 1.165) is 32.1 Å². The molecule has 1 saturated carbocycles. The first-order valence-corrected chi connectivity index (χ1v) is 9.55. The number of carboxylic acid groups (broad SMARTS) is 1. The number of benzene rings is 1. The summed E-state index contributed by atoms with van der Waals surface area (Å²) in [4.78, 5) is 37.1. The number of carboxylic acids is 1. The standard InChI is InChI=1S/C20H28N2O6/c1-27-18(24)13-22(14-7-3-2-4-8-14)17(23)11-6-12-28-16-10-5-9-15(19(16)21)20(25)26/h5,9-10,14H,2-4,6-8,11-13,21H2,1H3,(H,25,26). The Bertz CT molecular complexity index is 700. The number of hydrogen-bond donors (Lipinski definition) is 2. The van der Waals surface area contributed by atoms with Crippen LogP contribution in [-0.2, 0) is 14.3 Å². The lowest BCUT2D eigenvalue weighted by Gasteiger charge is -2.33. The number of esters is 1. The van der Waals surface area contributed by atoms with Gasteiger partial charge >= 0.3 is 11.9 Å². The molecule has 0 spiro atoms. The Hall–Kier alpha value is -2.77. The molecule has 0 heterocycles. The number of anilines is 1. The van der Waals surface area contributed by atoms with E-state index in [-0.39, 0.29) is 48.5 Å². The van der Waals surface area contributed by atoms with Gasteiger partial charge in [-0.05, 0) is 31.4 Å². The molecule has 0 atom stereocenters. The Morgan fingerprint density at radius 3 is 2.57 bits per heavy atom. The van der Waals surface area contributed by atoms with Crippen molar-refractivity contribution in [3.63, 3.8) is 0 Å². The third-order valence-corrected chi connectivity index (χ3v) is 4.95. The second kappa shape index (κ2) is 10.5. The number of ether oxygens (including phenoxy) is 2. The quantitative estimate of drug-likeness (QED) is 0.376. The molecule has 1 aromatic rings. The topological polar surface area (TPSA) is 119 Å². The predicted octanol–water partition coefficient (Wildman–Crippen LogP) is 2.46. The van der Waals surface area contributed by atoms with E-state index in [1.165, 1.54) is 13.2 Å². The number of nitrogens with two attached hydrogens (primary N) is 1. The van der Waals surface area contributed by atoms with Crippen molar-refractivity contribution >= 4 is 23.5 Å². The van der Waals surface area contributed by atoms with Crippen molar-refractivity contribution in [3.8, 4) is 5.75 Å². The van der Waals surface area contributed by atoms with Gasteiger partial charge in [0, 0.05) is 12.5 Å². The summed E-state index contributed by atoms with van der Waals surface area (Å²) < 4.78 is 10.3. The highest BCUT2D eigenvalue weighted by atomic mass is 16.5. The zero-order valence-corrected chi connectivity index (χ0v) is 16.2. The molecule has 1 aliphatic rings. The van der Waals surface area contributed by atoms with E-state index in [1.807, 2.05) is 0 Å². The van der Waals surface area contributed by atoms with E-state index in [9.17, 15) is 14.4 Å². The fourth-order valence-corrected chi connectivity index (χ4v) is 3.42. The molecule has 2 rings (SSSR count). The smallest absolute Gasteiger partial charge is 0.337 e. The molecule has 0 aromatic heterocycles. The molecule has 1 amide bonds. The molecule has 154 valence electrons. The van der Waals surface area contributed by atoms with Crippen LogP contribution < -0.4 is 10.5 Å². The average molecular weight is 392 g/mol. The van der Waals surface area contributed by atoms with Crippen molar-refractivity contribution in [1.82, 2.24) is 4.90 Å². The Labute approximate surface area is 164 Å². The van der Waals surface area contributed by atoms with Gasteiger partial charge in [-0.1, -0.05) is 25.3 Å². The minimum Gasteiger partial charge on any atom is -0.491 e. The maximum Gasteiger partial charge on any atom is 0.337 e. The zero-order valence-electron chi connectivity index (χ0n) is 16.2. The molecular formula is C20H28N2O6. The van der Waals surface area contributed by atoms with Gasteiger partial charge in [-0.25, -0.2) is 4.79 Å². The molecule has 0 unspecified atom stereocenters. The molecule has 3 N–H and O–H groups in total. The first-order valence-electron chi connectivity index (χ1n) is 9.55. The summed E-state index contributed by atoms with van der Waals surface area (Å²) in [6, 6.07) is 4.63. The Morgan fingerprint density at radius 2 is 1.93 bits per heavy atom. The maximum absolute atomic E-state index is 12.7. The van der Waals surface area contributed by atoms with Crippen molar-refractivity contribution in [2.24, 2.45) is 0 Å². The van der Waals surface area contributed by atoms with Crippen LogP contribution >= 0.6 is 0 Å². The van der Waals surface area contributed by atoms with Crippen LogP contribution in [0.5, 0.6) is 5.75 Å². The van der Waals surface area contributed by atoms with E-state index in [0.29, 0.717) is 6.42 Å². The summed E-state index contributed by atoms with van der Waals surface area (Å²) in [5.74, 6) is -1.36. The third-order valence-electron chi connectivity index (χ3n) is 4.95. The van der Waals surface area contributed by atoms with Gasteiger partial charge in [-0.15, -0.1) is 0 Å². The minimum atomic E-state index is -1.12. The number of rotatable bonds is 9. The molecule has 8 nitrogen and oxygen atoms in total. The highest BCUT2D eigenvalue weighted by Gasteiger charge is 2.27. The van der Waals surface area contributed by atoms with Gasteiger partial charge in [0.1, 0.15) is 12.3 Å². The molecule has 28 heavy (non-hydrogen) atoms. The van der Waals surface area contributed by atoms with Gasteiger partial charge in [0.15, 0.2) is 0 Å². The summed E-state index contributed by atoms with van der Waals surface area (Å²) in [7, 11) is 1.31. The van der Waals surface area contributed by atoms with E-state index < -0.39 is 11.9 Å². The summed E-state index contributed by atoms with van der Waals surface area (Å²) in [5.41, 5.74) is 5.86. The van der Waals surface area contributed by atoms with E-state index >= 15 is 0 Å².